The number of rotatable bonds is 4. The van der Waals surface area contributed by atoms with Crippen LogP contribution in [0, 0.1) is 0 Å². The Morgan fingerprint density at radius 2 is 2.23 bits per heavy atom. The summed E-state index contributed by atoms with van der Waals surface area (Å²) in [5.41, 5.74) is 1.74. The molecule has 0 spiro atoms. The van der Waals surface area contributed by atoms with Crippen LogP contribution in [0.3, 0.4) is 0 Å². The summed E-state index contributed by atoms with van der Waals surface area (Å²) in [7, 11) is 3.98. The highest BCUT2D eigenvalue weighted by Gasteiger charge is 2.33. The van der Waals surface area contributed by atoms with E-state index in [4.69, 9.17) is 4.42 Å². The SMILES string of the molecule is CN(C)Cc1cncc([C@@H]2CCCN2C(=O)c2cnco2)n1. The van der Waals surface area contributed by atoms with Crippen molar-refractivity contribution in [3.8, 4) is 0 Å². The minimum Gasteiger partial charge on any atom is -0.438 e. The van der Waals surface area contributed by atoms with Gasteiger partial charge < -0.3 is 14.2 Å². The van der Waals surface area contributed by atoms with Crippen LogP contribution >= 0.6 is 0 Å². The Morgan fingerprint density at radius 1 is 1.36 bits per heavy atom. The van der Waals surface area contributed by atoms with Gasteiger partial charge in [0.05, 0.1) is 29.8 Å². The molecule has 1 saturated heterocycles. The fourth-order valence-corrected chi connectivity index (χ4v) is 2.76. The van der Waals surface area contributed by atoms with Gasteiger partial charge in [0.15, 0.2) is 6.39 Å². The zero-order valence-corrected chi connectivity index (χ0v) is 12.8. The van der Waals surface area contributed by atoms with E-state index >= 15 is 0 Å². The monoisotopic (exact) mass is 301 g/mol. The number of amides is 1. The fourth-order valence-electron chi connectivity index (χ4n) is 2.76. The van der Waals surface area contributed by atoms with Gasteiger partial charge in [-0.15, -0.1) is 0 Å². The second kappa shape index (κ2) is 6.23. The van der Waals surface area contributed by atoms with Crippen LogP contribution in [-0.2, 0) is 6.54 Å². The molecular formula is C15H19N5O2. The third-order valence-corrected chi connectivity index (χ3v) is 3.68. The Labute approximate surface area is 129 Å². The number of carbonyl (C=O) groups is 1. The van der Waals surface area contributed by atoms with Crippen LogP contribution in [0.5, 0.6) is 0 Å². The van der Waals surface area contributed by atoms with Crippen LogP contribution in [-0.4, -0.2) is 51.3 Å². The van der Waals surface area contributed by atoms with Crippen LogP contribution < -0.4 is 0 Å². The Hall–Kier alpha value is -2.28. The quantitative estimate of drug-likeness (QED) is 0.852. The summed E-state index contributed by atoms with van der Waals surface area (Å²) in [5.74, 6) is 0.129. The van der Waals surface area contributed by atoms with Gasteiger partial charge in [-0.1, -0.05) is 0 Å². The highest BCUT2D eigenvalue weighted by Crippen LogP contribution is 2.31. The molecule has 1 aliphatic rings. The van der Waals surface area contributed by atoms with E-state index in [0.29, 0.717) is 6.54 Å². The molecule has 7 nitrogen and oxygen atoms in total. The minimum atomic E-state index is -0.139. The Kier molecular flexibility index (Phi) is 4.15. The topological polar surface area (TPSA) is 75.4 Å². The van der Waals surface area contributed by atoms with Gasteiger partial charge >= 0.3 is 0 Å². The van der Waals surface area contributed by atoms with Gasteiger partial charge in [-0.3, -0.25) is 14.8 Å². The number of likely N-dealkylation sites (tertiary alicyclic amines) is 1. The molecule has 0 saturated carbocycles. The lowest BCUT2D eigenvalue weighted by atomic mass is 10.1. The minimum absolute atomic E-state index is 0.0489. The van der Waals surface area contributed by atoms with Crippen LogP contribution in [0.4, 0.5) is 0 Å². The van der Waals surface area contributed by atoms with E-state index in [0.717, 1.165) is 30.8 Å². The molecular weight excluding hydrogens is 282 g/mol. The summed E-state index contributed by atoms with van der Waals surface area (Å²) in [5, 5.41) is 0. The van der Waals surface area contributed by atoms with E-state index < -0.39 is 0 Å². The first-order chi connectivity index (χ1) is 10.6. The van der Waals surface area contributed by atoms with Crippen molar-refractivity contribution < 1.29 is 9.21 Å². The van der Waals surface area contributed by atoms with Gasteiger partial charge in [0.25, 0.3) is 5.91 Å². The molecule has 1 amide bonds. The number of hydrogen-bond acceptors (Lipinski definition) is 6. The van der Waals surface area contributed by atoms with Gasteiger partial charge in [-0.2, -0.15) is 0 Å². The molecule has 2 aromatic rings. The van der Waals surface area contributed by atoms with Crippen molar-refractivity contribution in [1.29, 1.82) is 0 Å². The van der Waals surface area contributed by atoms with Gasteiger partial charge in [-0.25, -0.2) is 4.98 Å². The summed E-state index contributed by atoms with van der Waals surface area (Å²) < 4.78 is 5.12. The molecule has 3 rings (SSSR count). The standard InChI is InChI=1S/C15H19N5O2/c1-19(2)9-11-6-16-7-12(18-11)13-4-3-5-20(13)15(21)14-8-17-10-22-14/h6-8,10,13H,3-5,9H2,1-2H3/t13-/m0/s1. The van der Waals surface area contributed by atoms with Crippen molar-refractivity contribution in [2.75, 3.05) is 20.6 Å². The summed E-state index contributed by atoms with van der Waals surface area (Å²) in [4.78, 5) is 29.1. The van der Waals surface area contributed by atoms with E-state index in [1.807, 2.05) is 19.0 Å². The van der Waals surface area contributed by atoms with Gasteiger partial charge in [0.1, 0.15) is 0 Å². The molecule has 0 radical (unpaired) electrons. The third-order valence-electron chi connectivity index (χ3n) is 3.68. The molecule has 1 aliphatic heterocycles. The molecule has 2 aromatic heterocycles. The molecule has 7 heteroatoms. The van der Waals surface area contributed by atoms with E-state index in [2.05, 4.69) is 15.0 Å². The van der Waals surface area contributed by atoms with Crippen LogP contribution in [0.15, 0.2) is 29.4 Å². The summed E-state index contributed by atoms with van der Waals surface area (Å²) in [6, 6.07) is -0.0489. The largest absolute Gasteiger partial charge is 0.438 e. The lowest BCUT2D eigenvalue weighted by Gasteiger charge is -2.23. The first kappa shape index (κ1) is 14.6. The molecule has 0 N–H and O–H groups in total. The molecule has 0 aliphatic carbocycles. The maximum atomic E-state index is 12.5. The van der Waals surface area contributed by atoms with Gasteiger partial charge in [0.2, 0.25) is 5.76 Å². The molecule has 1 fully saturated rings. The molecule has 0 unspecified atom stereocenters. The van der Waals surface area contributed by atoms with E-state index in [9.17, 15) is 4.79 Å². The van der Waals surface area contributed by atoms with E-state index in [-0.39, 0.29) is 17.7 Å². The summed E-state index contributed by atoms with van der Waals surface area (Å²) >= 11 is 0. The number of carbonyl (C=O) groups excluding carboxylic acids is 1. The number of oxazole rings is 1. The maximum Gasteiger partial charge on any atom is 0.291 e. The van der Waals surface area contributed by atoms with Crippen LogP contribution in [0.2, 0.25) is 0 Å². The molecule has 116 valence electrons. The lowest BCUT2D eigenvalue weighted by molar-refractivity contribution is 0.0700. The lowest BCUT2D eigenvalue weighted by Crippen LogP contribution is -2.31. The highest BCUT2D eigenvalue weighted by atomic mass is 16.3. The normalized spacial score (nSPS) is 18.1. The van der Waals surface area contributed by atoms with E-state index in [1.54, 1.807) is 17.3 Å². The van der Waals surface area contributed by atoms with Crippen molar-refractivity contribution in [3.05, 3.63) is 42.1 Å². The van der Waals surface area contributed by atoms with E-state index in [1.165, 1.54) is 12.6 Å². The summed E-state index contributed by atoms with van der Waals surface area (Å²) in [6.45, 7) is 1.42. The average molecular weight is 301 g/mol. The number of nitrogens with zero attached hydrogens (tertiary/aromatic N) is 5. The zero-order chi connectivity index (χ0) is 15.5. The predicted molar refractivity (Wildman–Crippen MR) is 78.9 cm³/mol. The molecule has 1 atom stereocenters. The molecule has 0 aromatic carbocycles. The maximum absolute atomic E-state index is 12.5. The van der Waals surface area contributed by atoms with Crippen molar-refractivity contribution in [3.63, 3.8) is 0 Å². The summed E-state index contributed by atoms with van der Waals surface area (Å²) in [6.07, 6.45) is 8.07. The Bertz CT molecular complexity index is 641. The molecule has 3 heterocycles. The molecule has 22 heavy (non-hydrogen) atoms. The Morgan fingerprint density at radius 3 is 2.95 bits per heavy atom. The second-order valence-corrected chi connectivity index (χ2v) is 5.70. The Balaban J connectivity index is 1.82. The van der Waals surface area contributed by atoms with Crippen molar-refractivity contribution in [2.45, 2.75) is 25.4 Å². The second-order valence-electron chi connectivity index (χ2n) is 5.70. The first-order valence-electron chi connectivity index (χ1n) is 7.30. The van der Waals surface area contributed by atoms with Crippen molar-refractivity contribution in [2.24, 2.45) is 0 Å². The fraction of sp³-hybridized carbons (Fsp3) is 0.467. The van der Waals surface area contributed by atoms with Gasteiger partial charge in [-0.05, 0) is 26.9 Å². The highest BCUT2D eigenvalue weighted by molar-refractivity contribution is 5.91. The predicted octanol–water partition coefficient (Wildman–Crippen LogP) is 1.50. The van der Waals surface area contributed by atoms with Crippen molar-refractivity contribution >= 4 is 5.91 Å². The van der Waals surface area contributed by atoms with Crippen molar-refractivity contribution in [1.82, 2.24) is 24.8 Å². The number of aromatic nitrogens is 3. The van der Waals surface area contributed by atoms with Crippen LogP contribution in [0.1, 0.15) is 40.8 Å². The number of hydrogen-bond donors (Lipinski definition) is 0. The zero-order valence-electron chi connectivity index (χ0n) is 12.8. The third kappa shape index (κ3) is 2.99. The molecule has 0 bridgehead atoms. The first-order valence-corrected chi connectivity index (χ1v) is 7.30. The van der Waals surface area contributed by atoms with Gasteiger partial charge in [0, 0.05) is 19.3 Å². The average Bonchev–Trinajstić information content (AvgIpc) is 3.18. The van der Waals surface area contributed by atoms with Crippen LogP contribution in [0.25, 0.3) is 0 Å². The smallest absolute Gasteiger partial charge is 0.291 e.